The van der Waals surface area contributed by atoms with Crippen LogP contribution in [-0.2, 0) is 11.3 Å². The molecular weight excluding hydrogens is 428 g/mol. The average molecular weight is 465 g/mol. The molecule has 5 nitrogen and oxygen atoms in total. The molecule has 33 heavy (non-hydrogen) atoms. The number of thioether (sulfide) groups is 1. The zero-order valence-electron chi connectivity index (χ0n) is 20.0. The fourth-order valence-corrected chi connectivity index (χ4v) is 7.99. The fourth-order valence-electron chi connectivity index (χ4n) is 7.55. The van der Waals surface area contributed by atoms with Crippen molar-refractivity contribution >= 4 is 34.4 Å². The van der Waals surface area contributed by atoms with E-state index in [9.17, 15) is 4.79 Å². The van der Waals surface area contributed by atoms with Gasteiger partial charge in [0.1, 0.15) is 5.82 Å². The van der Waals surface area contributed by atoms with Crippen LogP contribution < -0.4 is 10.2 Å². The van der Waals surface area contributed by atoms with E-state index in [1.165, 1.54) is 54.4 Å². The first-order valence-corrected chi connectivity index (χ1v) is 14.0. The molecule has 1 aromatic carbocycles. The molecule has 0 radical (unpaired) electrons. The standard InChI is InChI=1S/C27H36N4OS/c1-18(32)30-5-7-31(8-6-30)26-23(12-22-3-4-24(33-2)13-25(22)29-26)17-28-27-14-19-9-20(15-27)11-21(10-19)16-27/h3-4,12-13,19-21,28H,5-11,14-17H2,1-2H3. The molecule has 2 aromatic rings. The first-order chi connectivity index (χ1) is 16.0. The molecule has 6 heteroatoms. The van der Waals surface area contributed by atoms with Gasteiger partial charge in [-0.3, -0.25) is 4.79 Å². The van der Waals surface area contributed by atoms with Gasteiger partial charge in [-0.05, 0) is 80.7 Å². The van der Waals surface area contributed by atoms with E-state index in [-0.39, 0.29) is 5.91 Å². The summed E-state index contributed by atoms with van der Waals surface area (Å²) in [6.45, 7) is 5.83. The summed E-state index contributed by atoms with van der Waals surface area (Å²) in [5.74, 6) is 4.13. The number of fused-ring (bicyclic) bond motifs is 1. The van der Waals surface area contributed by atoms with E-state index in [4.69, 9.17) is 4.98 Å². The van der Waals surface area contributed by atoms with Crippen molar-refractivity contribution in [2.24, 2.45) is 17.8 Å². The molecule has 2 heterocycles. The molecule has 1 amide bonds. The summed E-state index contributed by atoms with van der Waals surface area (Å²) < 4.78 is 0. The Labute approximate surface area is 201 Å². The van der Waals surface area contributed by atoms with Crippen LogP contribution in [-0.4, -0.2) is 53.8 Å². The highest BCUT2D eigenvalue weighted by Gasteiger charge is 2.50. The summed E-state index contributed by atoms with van der Waals surface area (Å²) in [6.07, 6.45) is 10.6. The molecule has 1 aliphatic heterocycles. The zero-order valence-corrected chi connectivity index (χ0v) is 20.8. The Morgan fingerprint density at radius 3 is 2.33 bits per heavy atom. The lowest BCUT2D eigenvalue weighted by atomic mass is 9.53. The number of nitrogens with one attached hydrogen (secondary N) is 1. The van der Waals surface area contributed by atoms with Gasteiger partial charge >= 0.3 is 0 Å². The summed E-state index contributed by atoms with van der Waals surface area (Å²) in [4.78, 5) is 22.7. The lowest BCUT2D eigenvalue weighted by molar-refractivity contribution is -0.129. The van der Waals surface area contributed by atoms with E-state index in [0.717, 1.165) is 61.8 Å². The molecule has 5 fully saturated rings. The molecular formula is C27H36N4OS. The Hall–Kier alpha value is -1.79. The van der Waals surface area contributed by atoms with Crippen LogP contribution in [0.4, 0.5) is 5.82 Å². The van der Waals surface area contributed by atoms with Crippen LogP contribution in [0.5, 0.6) is 0 Å². The van der Waals surface area contributed by atoms with Crippen molar-refractivity contribution in [1.29, 1.82) is 0 Å². The number of nitrogens with zero attached hydrogens (tertiary/aromatic N) is 3. The number of pyridine rings is 1. The highest BCUT2D eigenvalue weighted by Crippen LogP contribution is 2.55. The summed E-state index contributed by atoms with van der Waals surface area (Å²) in [7, 11) is 0. The number of carbonyl (C=O) groups excluding carboxylic acids is 1. The minimum atomic E-state index is 0.175. The van der Waals surface area contributed by atoms with Crippen LogP contribution >= 0.6 is 11.8 Å². The second-order valence-corrected chi connectivity index (χ2v) is 12.0. The van der Waals surface area contributed by atoms with Crippen LogP contribution in [0.2, 0.25) is 0 Å². The molecule has 0 unspecified atom stereocenters. The molecule has 4 aliphatic carbocycles. The number of hydrogen-bond acceptors (Lipinski definition) is 5. The van der Waals surface area contributed by atoms with E-state index in [2.05, 4.69) is 40.7 Å². The van der Waals surface area contributed by atoms with Crippen LogP contribution in [0.1, 0.15) is 51.0 Å². The predicted molar refractivity (Wildman–Crippen MR) is 136 cm³/mol. The molecule has 4 bridgehead atoms. The second-order valence-electron chi connectivity index (χ2n) is 11.1. The van der Waals surface area contributed by atoms with E-state index < -0.39 is 0 Å². The van der Waals surface area contributed by atoms with Crippen molar-refractivity contribution in [3.8, 4) is 0 Å². The quantitative estimate of drug-likeness (QED) is 0.651. The number of benzene rings is 1. The number of amides is 1. The van der Waals surface area contributed by atoms with E-state index in [0.29, 0.717) is 5.54 Å². The molecule has 4 saturated carbocycles. The van der Waals surface area contributed by atoms with Crippen LogP contribution in [0.15, 0.2) is 29.2 Å². The lowest BCUT2D eigenvalue weighted by Crippen LogP contribution is -2.58. The van der Waals surface area contributed by atoms with Gasteiger partial charge in [0.15, 0.2) is 0 Å². The Balaban J connectivity index is 1.29. The van der Waals surface area contributed by atoms with E-state index in [1.54, 1.807) is 18.7 Å². The van der Waals surface area contributed by atoms with Crippen molar-refractivity contribution in [2.45, 2.75) is 62.4 Å². The maximum atomic E-state index is 11.8. The van der Waals surface area contributed by atoms with Gasteiger partial charge in [-0.15, -0.1) is 11.8 Å². The van der Waals surface area contributed by atoms with Crippen LogP contribution in [0.25, 0.3) is 10.9 Å². The zero-order chi connectivity index (χ0) is 22.6. The molecule has 1 N–H and O–H groups in total. The molecule has 176 valence electrons. The topological polar surface area (TPSA) is 48.5 Å². The summed E-state index contributed by atoms with van der Waals surface area (Å²) in [6, 6.07) is 9.01. The van der Waals surface area contributed by atoms with Crippen molar-refractivity contribution in [3.05, 3.63) is 29.8 Å². The van der Waals surface area contributed by atoms with Crippen molar-refractivity contribution in [1.82, 2.24) is 15.2 Å². The van der Waals surface area contributed by atoms with Gasteiger partial charge in [-0.25, -0.2) is 4.98 Å². The van der Waals surface area contributed by atoms with Gasteiger partial charge in [0, 0.05) is 61.0 Å². The number of rotatable bonds is 5. The maximum Gasteiger partial charge on any atom is 0.219 e. The van der Waals surface area contributed by atoms with Crippen molar-refractivity contribution in [2.75, 3.05) is 37.3 Å². The van der Waals surface area contributed by atoms with Crippen LogP contribution in [0.3, 0.4) is 0 Å². The summed E-state index contributed by atoms with van der Waals surface area (Å²) in [5.41, 5.74) is 2.73. The maximum absolute atomic E-state index is 11.8. The fraction of sp³-hybridized carbons (Fsp3) is 0.630. The first kappa shape index (κ1) is 21.7. The van der Waals surface area contributed by atoms with Crippen LogP contribution in [0, 0.1) is 17.8 Å². The molecule has 0 spiro atoms. The Morgan fingerprint density at radius 1 is 1.06 bits per heavy atom. The largest absolute Gasteiger partial charge is 0.353 e. The smallest absolute Gasteiger partial charge is 0.219 e. The monoisotopic (exact) mass is 464 g/mol. The molecule has 1 saturated heterocycles. The minimum Gasteiger partial charge on any atom is -0.353 e. The number of piperazine rings is 1. The van der Waals surface area contributed by atoms with Crippen molar-refractivity contribution in [3.63, 3.8) is 0 Å². The van der Waals surface area contributed by atoms with E-state index in [1.807, 2.05) is 4.90 Å². The summed E-state index contributed by atoms with van der Waals surface area (Å²) in [5, 5.41) is 5.33. The number of carbonyl (C=O) groups is 1. The van der Waals surface area contributed by atoms with Gasteiger partial charge in [-0.2, -0.15) is 0 Å². The number of hydrogen-bond donors (Lipinski definition) is 1. The number of anilines is 1. The Morgan fingerprint density at radius 2 is 1.73 bits per heavy atom. The van der Waals surface area contributed by atoms with Gasteiger partial charge in [-0.1, -0.05) is 6.07 Å². The third-order valence-electron chi connectivity index (χ3n) is 8.80. The summed E-state index contributed by atoms with van der Waals surface area (Å²) >= 11 is 1.77. The highest BCUT2D eigenvalue weighted by atomic mass is 32.2. The third-order valence-corrected chi connectivity index (χ3v) is 9.52. The predicted octanol–water partition coefficient (Wildman–Crippen LogP) is 4.68. The SMILES string of the molecule is CSc1ccc2cc(CNC34CC5CC(CC(C5)C3)C4)c(N3CCN(C(C)=O)CC3)nc2c1. The number of aromatic nitrogens is 1. The first-order valence-electron chi connectivity index (χ1n) is 12.7. The van der Waals surface area contributed by atoms with Gasteiger partial charge in [0.05, 0.1) is 5.52 Å². The Bertz CT molecular complexity index is 1030. The van der Waals surface area contributed by atoms with Gasteiger partial charge in [0.25, 0.3) is 0 Å². The Kier molecular flexibility index (Phi) is 5.57. The molecule has 1 aromatic heterocycles. The van der Waals surface area contributed by atoms with Gasteiger partial charge in [0.2, 0.25) is 5.91 Å². The lowest BCUT2D eigenvalue weighted by Gasteiger charge is -2.57. The highest BCUT2D eigenvalue weighted by molar-refractivity contribution is 7.98. The minimum absolute atomic E-state index is 0.175. The van der Waals surface area contributed by atoms with Gasteiger partial charge < -0.3 is 15.1 Å². The average Bonchev–Trinajstić information content (AvgIpc) is 2.81. The molecule has 5 aliphatic rings. The molecule has 0 atom stereocenters. The second kappa shape index (κ2) is 8.46. The van der Waals surface area contributed by atoms with Crippen molar-refractivity contribution < 1.29 is 4.79 Å². The normalized spacial score (nSPS) is 30.9. The molecule has 7 rings (SSSR count). The van der Waals surface area contributed by atoms with E-state index >= 15 is 0 Å². The third kappa shape index (κ3) is 4.14.